The molecule has 1 saturated carbocycles. The smallest absolute Gasteiger partial charge is 0.322 e. The molecular formula is C27H34ClN5O4. The largest absolute Gasteiger partial charge is 0.391 e. The van der Waals surface area contributed by atoms with E-state index in [9.17, 15) is 19.5 Å². The molecule has 10 heteroatoms. The van der Waals surface area contributed by atoms with Gasteiger partial charge in [-0.25, -0.2) is 4.79 Å². The van der Waals surface area contributed by atoms with Crippen LogP contribution in [0, 0.1) is 0 Å². The molecule has 2 fully saturated rings. The number of β-amino-alcohol motifs (C(OH)–C–C–N with tert-alkyl or cyclic N) is 1. The van der Waals surface area contributed by atoms with Crippen LogP contribution in [0.5, 0.6) is 0 Å². The van der Waals surface area contributed by atoms with E-state index in [1.807, 2.05) is 0 Å². The molecule has 2 atom stereocenters. The van der Waals surface area contributed by atoms with E-state index < -0.39 is 24.1 Å². The zero-order valence-electron chi connectivity index (χ0n) is 21.0. The highest BCUT2D eigenvalue weighted by atomic mass is 35.5. The summed E-state index contributed by atoms with van der Waals surface area (Å²) in [5, 5.41) is 19.6. The van der Waals surface area contributed by atoms with Gasteiger partial charge in [-0.05, 0) is 61.4 Å². The first-order chi connectivity index (χ1) is 17.8. The van der Waals surface area contributed by atoms with Gasteiger partial charge < -0.3 is 30.9 Å². The van der Waals surface area contributed by atoms with E-state index in [0.29, 0.717) is 28.1 Å². The van der Waals surface area contributed by atoms with Gasteiger partial charge in [0.25, 0.3) is 0 Å². The van der Waals surface area contributed by atoms with Crippen LogP contribution >= 0.6 is 11.6 Å². The highest BCUT2D eigenvalue weighted by Gasteiger charge is 2.39. The monoisotopic (exact) mass is 527 g/mol. The van der Waals surface area contributed by atoms with Gasteiger partial charge in [0.1, 0.15) is 6.04 Å². The molecule has 2 aromatic rings. The topological polar surface area (TPSA) is 114 Å². The fourth-order valence-electron chi connectivity index (χ4n) is 4.81. The second-order valence-electron chi connectivity index (χ2n) is 9.70. The van der Waals surface area contributed by atoms with Crippen molar-refractivity contribution in [2.24, 2.45) is 0 Å². The lowest BCUT2D eigenvalue weighted by Gasteiger charge is -2.25. The number of nitrogens with one attached hydrogen (secondary N) is 3. The van der Waals surface area contributed by atoms with Crippen LogP contribution in [0.1, 0.15) is 38.5 Å². The first kappa shape index (κ1) is 26.9. The summed E-state index contributed by atoms with van der Waals surface area (Å²) in [6.45, 7) is 0.343. The lowest BCUT2D eigenvalue weighted by Crippen LogP contribution is -2.45. The molecule has 4 amide bonds. The van der Waals surface area contributed by atoms with Crippen molar-refractivity contribution in [2.45, 2.75) is 56.7 Å². The summed E-state index contributed by atoms with van der Waals surface area (Å²) in [6.07, 6.45) is 5.26. The third-order valence-corrected chi connectivity index (χ3v) is 7.23. The Labute approximate surface area is 222 Å². The van der Waals surface area contributed by atoms with Gasteiger partial charge in [0.2, 0.25) is 11.8 Å². The third kappa shape index (κ3) is 7.21. The Kier molecular flexibility index (Phi) is 9.02. The van der Waals surface area contributed by atoms with Gasteiger partial charge in [-0.2, -0.15) is 0 Å². The van der Waals surface area contributed by atoms with E-state index in [1.165, 1.54) is 24.2 Å². The van der Waals surface area contributed by atoms with E-state index in [2.05, 4.69) is 16.0 Å². The van der Waals surface area contributed by atoms with Crippen molar-refractivity contribution in [3.8, 4) is 0 Å². The van der Waals surface area contributed by atoms with E-state index in [-0.39, 0.29) is 25.4 Å². The molecule has 0 radical (unpaired) electrons. The van der Waals surface area contributed by atoms with Crippen molar-refractivity contribution in [3.63, 3.8) is 0 Å². The molecule has 1 heterocycles. The minimum atomic E-state index is -0.822. The van der Waals surface area contributed by atoms with Gasteiger partial charge in [0, 0.05) is 48.1 Å². The standard InChI is InChI=1S/C27H34ClN5O4/c1-32(25(35)16-29-19-5-3-2-4-6-19)22-13-11-20(12-14-22)30-26(36)24-15-23(34)17-33(24)27(37)31-21-9-7-18(28)8-10-21/h7-14,19,23-24,29,34H,2-6,15-17H2,1H3,(H,30,36)(H,31,37)/t23-,24-/m1/s1. The van der Waals surface area contributed by atoms with Crippen molar-refractivity contribution >= 4 is 46.5 Å². The highest BCUT2D eigenvalue weighted by Crippen LogP contribution is 2.23. The van der Waals surface area contributed by atoms with Crippen LogP contribution in [0.4, 0.5) is 21.9 Å². The quantitative estimate of drug-likeness (QED) is 0.437. The molecule has 2 aromatic carbocycles. The summed E-state index contributed by atoms with van der Waals surface area (Å²) in [5.74, 6) is -0.415. The summed E-state index contributed by atoms with van der Waals surface area (Å²) in [7, 11) is 1.73. The van der Waals surface area contributed by atoms with Crippen LogP contribution in [0.2, 0.25) is 5.02 Å². The van der Waals surface area contributed by atoms with E-state index in [1.54, 1.807) is 60.5 Å². The fraction of sp³-hybridized carbons (Fsp3) is 0.444. The molecule has 198 valence electrons. The van der Waals surface area contributed by atoms with Crippen LogP contribution < -0.4 is 20.9 Å². The van der Waals surface area contributed by atoms with Crippen LogP contribution in [0.3, 0.4) is 0 Å². The minimum Gasteiger partial charge on any atom is -0.391 e. The number of carbonyl (C=O) groups excluding carboxylic acids is 3. The van der Waals surface area contributed by atoms with E-state index in [4.69, 9.17) is 11.6 Å². The predicted octanol–water partition coefficient (Wildman–Crippen LogP) is 3.83. The average molecular weight is 528 g/mol. The Morgan fingerprint density at radius 2 is 1.59 bits per heavy atom. The Balaban J connectivity index is 1.31. The number of benzene rings is 2. The number of carbonyl (C=O) groups is 3. The summed E-state index contributed by atoms with van der Waals surface area (Å²) < 4.78 is 0. The number of hydrogen-bond acceptors (Lipinski definition) is 5. The van der Waals surface area contributed by atoms with Crippen molar-refractivity contribution in [1.29, 1.82) is 0 Å². The van der Waals surface area contributed by atoms with Crippen LogP contribution in [0.25, 0.3) is 0 Å². The number of urea groups is 1. The number of likely N-dealkylation sites (N-methyl/N-ethyl adjacent to an activating group) is 1. The number of nitrogens with zero attached hydrogens (tertiary/aromatic N) is 2. The molecule has 0 unspecified atom stereocenters. The lowest BCUT2D eigenvalue weighted by atomic mass is 9.95. The maximum Gasteiger partial charge on any atom is 0.322 e. The predicted molar refractivity (Wildman–Crippen MR) is 145 cm³/mol. The van der Waals surface area contributed by atoms with Crippen LogP contribution in [0.15, 0.2) is 48.5 Å². The van der Waals surface area contributed by atoms with Gasteiger partial charge >= 0.3 is 6.03 Å². The van der Waals surface area contributed by atoms with Crippen molar-refractivity contribution in [3.05, 3.63) is 53.6 Å². The Hall–Kier alpha value is -3.14. The molecule has 1 saturated heterocycles. The molecule has 0 bridgehead atoms. The number of anilines is 3. The van der Waals surface area contributed by atoms with Gasteiger partial charge in [-0.1, -0.05) is 30.9 Å². The Morgan fingerprint density at radius 3 is 2.27 bits per heavy atom. The zero-order valence-corrected chi connectivity index (χ0v) is 21.7. The van der Waals surface area contributed by atoms with Gasteiger partial charge in [0.15, 0.2) is 0 Å². The number of rotatable bonds is 7. The Bertz CT molecular complexity index is 1090. The van der Waals surface area contributed by atoms with E-state index in [0.717, 1.165) is 12.8 Å². The lowest BCUT2D eigenvalue weighted by molar-refractivity contribution is -0.119. The average Bonchev–Trinajstić information content (AvgIpc) is 3.31. The number of halogens is 1. The SMILES string of the molecule is CN(C(=O)CNC1CCCCC1)c1ccc(NC(=O)[C@H]2C[C@@H](O)CN2C(=O)Nc2ccc(Cl)cc2)cc1. The molecule has 0 aromatic heterocycles. The van der Waals surface area contributed by atoms with Gasteiger partial charge in [0.05, 0.1) is 12.6 Å². The van der Waals surface area contributed by atoms with Gasteiger partial charge in [-0.15, -0.1) is 0 Å². The molecule has 4 rings (SSSR count). The highest BCUT2D eigenvalue weighted by molar-refractivity contribution is 6.30. The van der Waals surface area contributed by atoms with Gasteiger partial charge in [-0.3, -0.25) is 9.59 Å². The molecule has 9 nitrogen and oxygen atoms in total. The van der Waals surface area contributed by atoms with Crippen LogP contribution in [-0.2, 0) is 9.59 Å². The minimum absolute atomic E-state index is 0.0235. The number of likely N-dealkylation sites (tertiary alicyclic amines) is 1. The molecule has 0 spiro atoms. The van der Waals surface area contributed by atoms with Crippen molar-refractivity contribution in [1.82, 2.24) is 10.2 Å². The first-order valence-electron chi connectivity index (χ1n) is 12.7. The summed E-state index contributed by atoms with van der Waals surface area (Å²) in [4.78, 5) is 41.3. The maximum atomic E-state index is 13.0. The number of aliphatic hydroxyl groups excluding tert-OH is 1. The maximum absolute atomic E-state index is 13.0. The third-order valence-electron chi connectivity index (χ3n) is 6.98. The molecular weight excluding hydrogens is 494 g/mol. The molecule has 37 heavy (non-hydrogen) atoms. The first-order valence-corrected chi connectivity index (χ1v) is 13.1. The number of aliphatic hydroxyl groups is 1. The van der Waals surface area contributed by atoms with Crippen LogP contribution in [-0.4, -0.2) is 66.2 Å². The summed E-state index contributed by atoms with van der Waals surface area (Å²) >= 11 is 5.89. The second-order valence-corrected chi connectivity index (χ2v) is 10.1. The molecule has 4 N–H and O–H groups in total. The summed E-state index contributed by atoms with van der Waals surface area (Å²) in [6, 6.07) is 12.7. The van der Waals surface area contributed by atoms with Crippen molar-refractivity contribution < 1.29 is 19.5 Å². The Morgan fingerprint density at radius 1 is 0.973 bits per heavy atom. The summed E-state index contributed by atoms with van der Waals surface area (Å²) in [5.41, 5.74) is 1.79. The van der Waals surface area contributed by atoms with E-state index >= 15 is 0 Å². The second kappa shape index (κ2) is 12.4. The molecule has 1 aliphatic carbocycles. The normalized spacial score (nSPS) is 19.9. The van der Waals surface area contributed by atoms with Crippen molar-refractivity contribution in [2.75, 3.05) is 35.7 Å². The zero-order chi connectivity index (χ0) is 26.4. The fourth-order valence-corrected chi connectivity index (χ4v) is 4.94. The number of amides is 4. The number of hydrogen-bond donors (Lipinski definition) is 4. The molecule has 2 aliphatic rings. The molecule has 1 aliphatic heterocycles.